The summed E-state index contributed by atoms with van der Waals surface area (Å²) < 4.78 is 23.6. The van der Waals surface area contributed by atoms with Gasteiger partial charge in [-0.3, -0.25) is 0 Å². The van der Waals surface area contributed by atoms with Crippen LogP contribution in [0.3, 0.4) is 0 Å². The van der Waals surface area contributed by atoms with Gasteiger partial charge in [0.2, 0.25) is 0 Å². The molecule has 0 aromatic heterocycles. The van der Waals surface area contributed by atoms with E-state index in [9.17, 15) is 8.42 Å². The molecule has 0 radical (unpaired) electrons. The number of nitrogens with two attached hydrogens (primary N) is 1. The Morgan fingerprint density at radius 1 is 1.38 bits per heavy atom. The van der Waals surface area contributed by atoms with Crippen LogP contribution in [0.1, 0.15) is 16.7 Å². The number of nitriles is 1. The van der Waals surface area contributed by atoms with Crippen molar-refractivity contribution in [3.8, 4) is 6.07 Å². The molecule has 1 aromatic rings. The highest BCUT2D eigenvalue weighted by atomic mass is 32.2. The van der Waals surface area contributed by atoms with Crippen molar-refractivity contribution < 1.29 is 8.42 Å². The van der Waals surface area contributed by atoms with Gasteiger partial charge in [-0.1, -0.05) is 6.07 Å². The molecule has 0 saturated carbocycles. The molecular formula is C10H11N3O2S. The minimum absolute atomic E-state index is 0.254. The second kappa shape index (κ2) is 3.87. The summed E-state index contributed by atoms with van der Waals surface area (Å²) in [5.74, 6) is 0. The van der Waals surface area contributed by atoms with E-state index >= 15 is 0 Å². The first-order valence-corrected chi connectivity index (χ1v) is 6.31. The molecule has 0 atom stereocenters. The third-order valence-electron chi connectivity index (χ3n) is 2.67. The first-order valence-electron chi connectivity index (χ1n) is 4.80. The van der Waals surface area contributed by atoms with Gasteiger partial charge in [0.25, 0.3) is 10.2 Å². The number of rotatable bonds is 1. The van der Waals surface area contributed by atoms with Crippen molar-refractivity contribution in [2.24, 2.45) is 5.14 Å². The number of hydrogen-bond acceptors (Lipinski definition) is 3. The van der Waals surface area contributed by atoms with Crippen LogP contribution < -0.4 is 5.14 Å². The van der Waals surface area contributed by atoms with Gasteiger partial charge in [-0.2, -0.15) is 18.0 Å². The quantitative estimate of drug-likeness (QED) is 0.752. The average molecular weight is 237 g/mol. The van der Waals surface area contributed by atoms with E-state index in [0.29, 0.717) is 18.5 Å². The summed E-state index contributed by atoms with van der Waals surface area (Å²) in [6.07, 6.45) is 0.636. The van der Waals surface area contributed by atoms with E-state index in [1.807, 2.05) is 12.1 Å². The summed E-state index contributed by atoms with van der Waals surface area (Å²) in [7, 11) is -3.64. The van der Waals surface area contributed by atoms with Crippen molar-refractivity contribution in [3.05, 3.63) is 34.9 Å². The van der Waals surface area contributed by atoms with Crippen LogP contribution in [0.4, 0.5) is 0 Å². The van der Waals surface area contributed by atoms with Crippen LogP contribution >= 0.6 is 0 Å². The molecule has 2 N–H and O–H groups in total. The molecule has 1 heterocycles. The van der Waals surface area contributed by atoms with Gasteiger partial charge in [0.05, 0.1) is 11.6 Å². The van der Waals surface area contributed by atoms with Gasteiger partial charge in [-0.05, 0) is 29.7 Å². The minimum atomic E-state index is -3.64. The zero-order valence-electron chi connectivity index (χ0n) is 8.55. The summed E-state index contributed by atoms with van der Waals surface area (Å²) in [4.78, 5) is 0. The van der Waals surface area contributed by atoms with E-state index in [1.54, 1.807) is 12.1 Å². The fourth-order valence-corrected chi connectivity index (χ4v) is 2.48. The fraction of sp³-hybridized carbons (Fsp3) is 0.300. The second-order valence-electron chi connectivity index (χ2n) is 3.72. The second-order valence-corrected chi connectivity index (χ2v) is 5.27. The van der Waals surface area contributed by atoms with E-state index in [2.05, 4.69) is 0 Å². The molecule has 2 rings (SSSR count). The van der Waals surface area contributed by atoms with Crippen molar-refractivity contribution in [1.82, 2.24) is 4.31 Å². The van der Waals surface area contributed by atoms with Gasteiger partial charge in [-0.15, -0.1) is 0 Å². The van der Waals surface area contributed by atoms with Gasteiger partial charge in [0, 0.05) is 13.1 Å². The van der Waals surface area contributed by atoms with Crippen molar-refractivity contribution in [3.63, 3.8) is 0 Å². The molecule has 0 amide bonds. The molecular weight excluding hydrogens is 226 g/mol. The summed E-state index contributed by atoms with van der Waals surface area (Å²) >= 11 is 0. The molecule has 0 unspecified atom stereocenters. The maximum Gasteiger partial charge on any atom is 0.277 e. The van der Waals surface area contributed by atoms with Gasteiger partial charge in [0.1, 0.15) is 0 Å². The Balaban J connectivity index is 2.36. The van der Waals surface area contributed by atoms with Gasteiger partial charge >= 0.3 is 0 Å². The smallest absolute Gasteiger partial charge is 0.216 e. The van der Waals surface area contributed by atoms with E-state index in [1.165, 1.54) is 4.31 Å². The summed E-state index contributed by atoms with van der Waals surface area (Å²) in [6, 6.07) is 7.36. The molecule has 1 aliphatic rings. The number of benzene rings is 1. The number of nitrogens with zero attached hydrogens (tertiary/aromatic N) is 2. The molecule has 1 aliphatic heterocycles. The highest BCUT2D eigenvalue weighted by molar-refractivity contribution is 7.86. The van der Waals surface area contributed by atoms with E-state index in [4.69, 9.17) is 10.4 Å². The third-order valence-corrected chi connectivity index (χ3v) is 3.70. The Morgan fingerprint density at radius 2 is 2.12 bits per heavy atom. The van der Waals surface area contributed by atoms with Crippen LogP contribution in [-0.4, -0.2) is 19.3 Å². The van der Waals surface area contributed by atoms with E-state index in [0.717, 1.165) is 11.1 Å². The normalized spacial score (nSPS) is 16.5. The Morgan fingerprint density at radius 3 is 2.75 bits per heavy atom. The molecule has 5 nitrogen and oxygen atoms in total. The molecule has 0 bridgehead atoms. The molecule has 1 aromatic carbocycles. The number of hydrogen-bond donors (Lipinski definition) is 1. The molecule has 16 heavy (non-hydrogen) atoms. The fourth-order valence-electron chi connectivity index (χ4n) is 1.82. The molecule has 6 heteroatoms. The Bertz CT molecular complexity index is 560. The highest BCUT2D eigenvalue weighted by Crippen LogP contribution is 2.21. The summed E-state index contributed by atoms with van der Waals surface area (Å²) in [5, 5.41) is 13.8. The summed E-state index contributed by atoms with van der Waals surface area (Å²) in [5.41, 5.74) is 2.48. The van der Waals surface area contributed by atoms with Crippen molar-refractivity contribution >= 4 is 10.2 Å². The zero-order chi connectivity index (χ0) is 11.8. The highest BCUT2D eigenvalue weighted by Gasteiger charge is 2.23. The van der Waals surface area contributed by atoms with Crippen LogP contribution in [0.15, 0.2) is 18.2 Å². The third kappa shape index (κ3) is 2.07. The monoisotopic (exact) mass is 237 g/mol. The molecule has 84 valence electrons. The predicted molar refractivity (Wildman–Crippen MR) is 58.4 cm³/mol. The standard InChI is InChI=1S/C10H11N3O2S/c11-6-8-1-2-9-3-4-13(16(12,14)15)7-10(9)5-8/h1-2,5H,3-4,7H2,(H2,12,14,15). The lowest BCUT2D eigenvalue weighted by Gasteiger charge is -2.26. The lowest BCUT2D eigenvalue weighted by Crippen LogP contribution is -2.40. The molecule has 0 spiro atoms. The van der Waals surface area contributed by atoms with Crippen LogP contribution in [0.2, 0.25) is 0 Å². The van der Waals surface area contributed by atoms with Crippen molar-refractivity contribution in [2.45, 2.75) is 13.0 Å². The number of fused-ring (bicyclic) bond motifs is 1. The first-order chi connectivity index (χ1) is 7.50. The lowest BCUT2D eigenvalue weighted by molar-refractivity contribution is 0.392. The predicted octanol–water partition coefficient (Wildman–Crippen LogP) is 0.120. The molecule has 0 saturated heterocycles. The molecule has 0 fully saturated rings. The van der Waals surface area contributed by atoms with Crippen LogP contribution in [0.5, 0.6) is 0 Å². The van der Waals surface area contributed by atoms with Crippen LogP contribution in [0, 0.1) is 11.3 Å². The average Bonchev–Trinajstić information content (AvgIpc) is 2.26. The van der Waals surface area contributed by atoms with Crippen molar-refractivity contribution in [2.75, 3.05) is 6.54 Å². The van der Waals surface area contributed by atoms with Gasteiger partial charge in [-0.25, -0.2) is 5.14 Å². The Labute approximate surface area is 94.3 Å². The maximum absolute atomic E-state index is 11.2. The lowest BCUT2D eigenvalue weighted by atomic mass is 9.99. The minimum Gasteiger partial charge on any atom is -0.216 e. The van der Waals surface area contributed by atoms with Crippen LogP contribution in [0.25, 0.3) is 0 Å². The van der Waals surface area contributed by atoms with Gasteiger partial charge < -0.3 is 0 Å². The maximum atomic E-state index is 11.2. The first kappa shape index (κ1) is 11.1. The van der Waals surface area contributed by atoms with E-state index in [-0.39, 0.29) is 6.54 Å². The Kier molecular flexibility index (Phi) is 2.68. The van der Waals surface area contributed by atoms with Crippen LogP contribution in [-0.2, 0) is 23.2 Å². The van der Waals surface area contributed by atoms with Gasteiger partial charge in [0.15, 0.2) is 0 Å². The Hall–Kier alpha value is -1.42. The zero-order valence-corrected chi connectivity index (χ0v) is 9.37. The largest absolute Gasteiger partial charge is 0.277 e. The van der Waals surface area contributed by atoms with Crippen molar-refractivity contribution in [1.29, 1.82) is 5.26 Å². The topological polar surface area (TPSA) is 87.2 Å². The SMILES string of the molecule is N#Cc1ccc2c(c1)CN(S(N)(=O)=O)CC2. The summed E-state index contributed by atoms with van der Waals surface area (Å²) in [6.45, 7) is 0.654. The van der Waals surface area contributed by atoms with E-state index < -0.39 is 10.2 Å². The molecule has 0 aliphatic carbocycles.